The molecule has 0 spiro atoms. The van der Waals surface area contributed by atoms with Gasteiger partial charge < -0.3 is 10.2 Å². The van der Waals surface area contributed by atoms with E-state index < -0.39 is 5.25 Å². The van der Waals surface area contributed by atoms with Crippen molar-refractivity contribution in [2.45, 2.75) is 23.1 Å². The fraction of sp³-hybridized carbons (Fsp3) is 0.222. The second-order valence-electron chi connectivity index (χ2n) is 5.78. The number of nitrogens with zero attached hydrogens (tertiary/aromatic N) is 1. The van der Waals surface area contributed by atoms with E-state index in [1.807, 2.05) is 6.07 Å². The summed E-state index contributed by atoms with van der Waals surface area (Å²) in [5.74, 6) is -0.793. The van der Waals surface area contributed by atoms with Gasteiger partial charge in [0.1, 0.15) is 5.82 Å². The van der Waals surface area contributed by atoms with E-state index in [2.05, 4.69) is 5.32 Å². The van der Waals surface area contributed by atoms with Crippen molar-refractivity contribution in [2.75, 3.05) is 12.4 Å². The molecule has 2 aromatic carbocycles. The Bertz CT molecular complexity index is 830. The summed E-state index contributed by atoms with van der Waals surface area (Å²) in [6.45, 7) is 0.163. The molecule has 0 saturated carbocycles. The van der Waals surface area contributed by atoms with Gasteiger partial charge in [0, 0.05) is 35.5 Å². The molecule has 2 amide bonds. The summed E-state index contributed by atoms with van der Waals surface area (Å²) >= 11 is 7.26. The number of fused-ring (bicyclic) bond motifs is 1. The maximum absolute atomic E-state index is 13.7. The standard InChI is InChI=1S/C18H16ClFN2O2S/c1-22(10-11-4-2-3-5-13(11)20)17(23)9-16-18(24)21-14-8-12(19)6-7-15(14)25-16/h2-8,16H,9-10H2,1H3,(H,21,24). The van der Waals surface area contributed by atoms with Gasteiger partial charge in [-0.05, 0) is 24.3 Å². The monoisotopic (exact) mass is 378 g/mol. The van der Waals surface area contributed by atoms with Crippen LogP contribution in [0.15, 0.2) is 47.4 Å². The van der Waals surface area contributed by atoms with Crippen LogP contribution in [0.1, 0.15) is 12.0 Å². The third kappa shape index (κ3) is 4.14. The van der Waals surface area contributed by atoms with Crippen LogP contribution in [0.4, 0.5) is 10.1 Å². The van der Waals surface area contributed by atoms with Crippen molar-refractivity contribution in [3.8, 4) is 0 Å². The summed E-state index contributed by atoms with van der Waals surface area (Å²) < 4.78 is 13.7. The highest BCUT2D eigenvalue weighted by molar-refractivity contribution is 8.01. The minimum absolute atomic E-state index is 0.0452. The van der Waals surface area contributed by atoms with Gasteiger partial charge in [-0.1, -0.05) is 29.8 Å². The molecule has 1 heterocycles. The van der Waals surface area contributed by atoms with Crippen molar-refractivity contribution in [3.63, 3.8) is 0 Å². The van der Waals surface area contributed by atoms with Gasteiger partial charge in [-0.15, -0.1) is 11.8 Å². The molecule has 4 nitrogen and oxygen atoms in total. The molecule has 0 bridgehead atoms. The zero-order valence-corrected chi connectivity index (χ0v) is 15.0. The van der Waals surface area contributed by atoms with Crippen LogP contribution >= 0.6 is 23.4 Å². The van der Waals surface area contributed by atoms with Crippen molar-refractivity contribution in [2.24, 2.45) is 0 Å². The minimum Gasteiger partial charge on any atom is -0.341 e. The van der Waals surface area contributed by atoms with E-state index in [0.29, 0.717) is 16.3 Å². The van der Waals surface area contributed by atoms with Gasteiger partial charge in [-0.3, -0.25) is 9.59 Å². The highest BCUT2D eigenvalue weighted by Gasteiger charge is 2.30. The molecular formula is C18H16ClFN2O2S. The maximum Gasteiger partial charge on any atom is 0.238 e. The van der Waals surface area contributed by atoms with Crippen LogP contribution in [0.25, 0.3) is 0 Å². The van der Waals surface area contributed by atoms with E-state index in [4.69, 9.17) is 11.6 Å². The highest BCUT2D eigenvalue weighted by atomic mass is 35.5. The van der Waals surface area contributed by atoms with Gasteiger partial charge >= 0.3 is 0 Å². The molecule has 130 valence electrons. The van der Waals surface area contributed by atoms with E-state index in [0.717, 1.165) is 4.90 Å². The van der Waals surface area contributed by atoms with Crippen molar-refractivity contribution < 1.29 is 14.0 Å². The van der Waals surface area contributed by atoms with Crippen LogP contribution in [0.3, 0.4) is 0 Å². The Morgan fingerprint density at radius 2 is 2.08 bits per heavy atom. The molecule has 1 N–H and O–H groups in total. The molecule has 1 unspecified atom stereocenters. The first kappa shape index (κ1) is 17.8. The number of carbonyl (C=O) groups is 2. The number of carbonyl (C=O) groups excluding carboxylic acids is 2. The average molecular weight is 379 g/mol. The smallest absolute Gasteiger partial charge is 0.238 e. The lowest BCUT2D eigenvalue weighted by atomic mass is 10.2. The number of anilines is 1. The molecule has 1 atom stereocenters. The van der Waals surface area contributed by atoms with Gasteiger partial charge in [-0.25, -0.2) is 4.39 Å². The average Bonchev–Trinajstić information content (AvgIpc) is 2.57. The van der Waals surface area contributed by atoms with Gasteiger partial charge in [0.25, 0.3) is 0 Å². The highest BCUT2D eigenvalue weighted by Crippen LogP contribution is 2.38. The third-order valence-electron chi connectivity index (χ3n) is 3.91. The maximum atomic E-state index is 13.7. The Morgan fingerprint density at radius 3 is 2.84 bits per heavy atom. The van der Waals surface area contributed by atoms with Crippen molar-refractivity contribution >= 4 is 40.9 Å². The van der Waals surface area contributed by atoms with Crippen molar-refractivity contribution in [3.05, 3.63) is 58.9 Å². The zero-order chi connectivity index (χ0) is 18.0. The van der Waals surface area contributed by atoms with Crippen LogP contribution in [0.2, 0.25) is 5.02 Å². The van der Waals surface area contributed by atoms with Gasteiger partial charge in [0.15, 0.2) is 0 Å². The number of hydrogen-bond donors (Lipinski definition) is 1. The Labute approximate surface area is 154 Å². The molecule has 25 heavy (non-hydrogen) atoms. The minimum atomic E-state index is -0.524. The van der Waals surface area contributed by atoms with E-state index in [-0.39, 0.29) is 30.6 Å². The Balaban J connectivity index is 1.65. The SMILES string of the molecule is CN(Cc1ccccc1F)C(=O)CC1Sc2ccc(Cl)cc2NC1=O. The largest absolute Gasteiger partial charge is 0.341 e. The summed E-state index contributed by atoms with van der Waals surface area (Å²) in [6, 6.07) is 11.6. The number of amides is 2. The number of nitrogens with one attached hydrogen (secondary N) is 1. The van der Waals surface area contributed by atoms with Crippen LogP contribution < -0.4 is 5.32 Å². The van der Waals surface area contributed by atoms with Crippen LogP contribution in [0.5, 0.6) is 0 Å². The lowest BCUT2D eigenvalue weighted by Crippen LogP contribution is -2.35. The van der Waals surface area contributed by atoms with E-state index in [1.54, 1.807) is 37.4 Å². The predicted molar refractivity (Wildman–Crippen MR) is 97.2 cm³/mol. The van der Waals surface area contributed by atoms with Gasteiger partial charge in [-0.2, -0.15) is 0 Å². The molecule has 0 radical (unpaired) electrons. The fourth-order valence-electron chi connectivity index (χ4n) is 2.54. The summed E-state index contributed by atoms with van der Waals surface area (Å²) in [4.78, 5) is 27.0. The molecule has 7 heteroatoms. The first-order valence-electron chi connectivity index (χ1n) is 7.68. The van der Waals surface area contributed by atoms with E-state index >= 15 is 0 Å². The van der Waals surface area contributed by atoms with Crippen molar-refractivity contribution in [1.82, 2.24) is 4.90 Å². The fourth-order valence-corrected chi connectivity index (χ4v) is 3.80. The van der Waals surface area contributed by atoms with Gasteiger partial charge in [0.05, 0.1) is 10.9 Å². The molecule has 0 fully saturated rings. The second-order valence-corrected chi connectivity index (χ2v) is 7.46. The number of benzene rings is 2. The van der Waals surface area contributed by atoms with E-state index in [1.165, 1.54) is 22.7 Å². The van der Waals surface area contributed by atoms with Crippen molar-refractivity contribution in [1.29, 1.82) is 0 Å². The summed E-state index contributed by atoms with van der Waals surface area (Å²) in [6.07, 6.45) is 0.0452. The predicted octanol–water partition coefficient (Wildman–Crippen LogP) is 3.94. The summed E-state index contributed by atoms with van der Waals surface area (Å²) in [5.41, 5.74) is 1.10. The molecule has 3 rings (SSSR count). The first-order valence-corrected chi connectivity index (χ1v) is 8.94. The van der Waals surface area contributed by atoms with Crippen LogP contribution in [-0.4, -0.2) is 29.0 Å². The quantitative estimate of drug-likeness (QED) is 0.876. The topological polar surface area (TPSA) is 49.4 Å². The van der Waals surface area contributed by atoms with E-state index in [9.17, 15) is 14.0 Å². The molecular weight excluding hydrogens is 363 g/mol. The Hall–Kier alpha value is -2.05. The number of hydrogen-bond acceptors (Lipinski definition) is 3. The molecule has 1 aliphatic heterocycles. The Kier molecular flexibility index (Phi) is 5.30. The zero-order valence-electron chi connectivity index (χ0n) is 13.5. The van der Waals surface area contributed by atoms with Crippen LogP contribution in [0, 0.1) is 5.82 Å². The molecule has 0 aromatic heterocycles. The molecule has 0 aliphatic carbocycles. The lowest BCUT2D eigenvalue weighted by molar-refractivity contribution is -0.131. The lowest BCUT2D eigenvalue weighted by Gasteiger charge is -2.25. The van der Waals surface area contributed by atoms with Gasteiger partial charge in [0.2, 0.25) is 11.8 Å². The summed E-state index contributed by atoms with van der Waals surface area (Å²) in [7, 11) is 1.61. The third-order valence-corrected chi connectivity index (χ3v) is 5.42. The summed E-state index contributed by atoms with van der Waals surface area (Å²) in [5, 5.41) is 2.80. The second kappa shape index (κ2) is 7.45. The Morgan fingerprint density at radius 1 is 1.32 bits per heavy atom. The normalized spacial score (nSPS) is 16.1. The molecule has 2 aromatic rings. The first-order chi connectivity index (χ1) is 11.9. The van der Waals surface area contributed by atoms with Crippen LogP contribution in [-0.2, 0) is 16.1 Å². The number of halogens is 2. The number of rotatable bonds is 4. The number of thioether (sulfide) groups is 1. The molecule has 0 saturated heterocycles. The molecule has 1 aliphatic rings.